The number of nitrogens with zero attached hydrogens (tertiary/aromatic N) is 3. The molecule has 3 unspecified atom stereocenters. The Morgan fingerprint density at radius 1 is 0.882 bits per heavy atom. The molecule has 0 spiro atoms. The van der Waals surface area contributed by atoms with Gasteiger partial charge >= 0.3 is 0 Å². The maximum atomic E-state index is 10.4. The van der Waals surface area contributed by atoms with Crippen LogP contribution in [0.3, 0.4) is 0 Å². The molecule has 1 aliphatic carbocycles. The Morgan fingerprint density at radius 2 is 1.62 bits per heavy atom. The Bertz CT molecular complexity index is 1260. The number of aliphatic hydroxyl groups is 1. The Kier molecular flexibility index (Phi) is 5.63. The number of fused-ring (bicyclic) bond motifs is 2. The summed E-state index contributed by atoms with van der Waals surface area (Å²) < 4.78 is 0. The summed E-state index contributed by atoms with van der Waals surface area (Å²) in [4.78, 5) is 12.1. The van der Waals surface area contributed by atoms with E-state index in [1.807, 2.05) is 48.7 Å². The SMILES string of the molecule is OC(Cc1ccccc1)Nc1ccc(-c2ccc3ncc(N4CC5CCCC5C4)nc3c2)cc1. The monoisotopic (exact) mass is 450 g/mol. The van der Waals surface area contributed by atoms with E-state index >= 15 is 0 Å². The van der Waals surface area contributed by atoms with E-state index in [1.54, 1.807) is 0 Å². The average molecular weight is 451 g/mol. The molecule has 1 aromatic heterocycles. The number of benzene rings is 3. The van der Waals surface area contributed by atoms with E-state index in [2.05, 4.69) is 40.5 Å². The number of hydrogen-bond acceptors (Lipinski definition) is 5. The van der Waals surface area contributed by atoms with Crippen LogP contribution in [-0.4, -0.2) is 34.4 Å². The summed E-state index contributed by atoms with van der Waals surface area (Å²) in [5.41, 5.74) is 6.10. The third-order valence-electron chi connectivity index (χ3n) is 7.40. The molecule has 2 N–H and O–H groups in total. The van der Waals surface area contributed by atoms with E-state index < -0.39 is 6.23 Å². The van der Waals surface area contributed by atoms with Crippen molar-refractivity contribution in [2.75, 3.05) is 23.3 Å². The molecule has 34 heavy (non-hydrogen) atoms. The first-order chi connectivity index (χ1) is 16.7. The molecular weight excluding hydrogens is 420 g/mol. The normalized spacial score (nSPS) is 20.4. The predicted octanol–water partition coefficient (Wildman–Crippen LogP) is 5.51. The maximum absolute atomic E-state index is 10.4. The van der Waals surface area contributed by atoms with Crippen LogP contribution < -0.4 is 10.2 Å². The summed E-state index contributed by atoms with van der Waals surface area (Å²) in [6.45, 7) is 2.24. The zero-order valence-corrected chi connectivity index (χ0v) is 19.3. The lowest BCUT2D eigenvalue weighted by Crippen LogP contribution is -2.22. The van der Waals surface area contributed by atoms with Crippen LogP contribution in [0.15, 0.2) is 79.0 Å². The van der Waals surface area contributed by atoms with Crippen molar-refractivity contribution in [3.05, 3.63) is 84.6 Å². The van der Waals surface area contributed by atoms with Gasteiger partial charge in [0.25, 0.3) is 0 Å². The first-order valence-corrected chi connectivity index (χ1v) is 12.3. The first kappa shape index (κ1) is 21.1. The molecule has 172 valence electrons. The van der Waals surface area contributed by atoms with Crippen molar-refractivity contribution in [2.24, 2.45) is 11.8 Å². The van der Waals surface area contributed by atoms with Crippen molar-refractivity contribution in [3.63, 3.8) is 0 Å². The molecule has 5 heteroatoms. The van der Waals surface area contributed by atoms with Crippen molar-refractivity contribution < 1.29 is 5.11 Å². The molecule has 2 aliphatic rings. The number of aromatic nitrogens is 2. The van der Waals surface area contributed by atoms with Gasteiger partial charge in [-0.05, 0) is 65.6 Å². The molecular formula is C29H30N4O. The second kappa shape index (κ2) is 9.07. The second-order valence-electron chi connectivity index (χ2n) is 9.71. The summed E-state index contributed by atoms with van der Waals surface area (Å²) in [5.74, 6) is 2.68. The van der Waals surface area contributed by atoms with Gasteiger partial charge in [-0.15, -0.1) is 0 Å². The smallest absolute Gasteiger partial charge is 0.147 e. The van der Waals surface area contributed by atoms with Gasteiger partial charge in [-0.1, -0.05) is 55.0 Å². The fourth-order valence-electron chi connectivity index (χ4n) is 5.60. The molecule has 3 atom stereocenters. The van der Waals surface area contributed by atoms with E-state index in [1.165, 1.54) is 19.3 Å². The van der Waals surface area contributed by atoms with Gasteiger partial charge < -0.3 is 15.3 Å². The Balaban J connectivity index is 1.17. The fourth-order valence-corrected chi connectivity index (χ4v) is 5.60. The van der Waals surface area contributed by atoms with Crippen LogP contribution in [-0.2, 0) is 6.42 Å². The number of anilines is 2. The van der Waals surface area contributed by atoms with Crippen LogP contribution in [0.4, 0.5) is 11.5 Å². The standard InChI is InChI=1S/C29H30N4O/c34-29(15-20-5-2-1-3-6-20)31-25-12-9-21(10-13-25)22-11-14-26-27(16-22)32-28(17-30-26)33-18-23-7-4-8-24(23)19-33/h1-3,5-6,9-14,16-17,23-24,29,31,34H,4,7-8,15,18-19H2. The molecule has 1 aliphatic heterocycles. The lowest BCUT2D eigenvalue weighted by atomic mass is 10.0. The minimum atomic E-state index is -0.632. The fraction of sp³-hybridized carbons (Fsp3) is 0.310. The summed E-state index contributed by atoms with van der Waals surface area (Å²) in [7, 11) is 0. The third-order valence-corrected chi connectivity index (χ3v) is 7.40. The van der Waals surface area contributed by atoms with Crippen LogP contribution in [0.2, 0.25) is 0 Å². The molecule has 3 aromatic carbocycles. The number of rotatable bonds is 6. The number of hydrogen-bond donors (Lipinski definition) is 2. The molecule has 1 saturated carbocycles. The van der Waals surface area contributed by atoms with Gasteiger partial charge in [-0.2, -0.15) is 0 Å². The topological polar surface area (TPSA) is 61.3 Å². The Hall–Kier alpha value is -3.44. The van der Waals surface area contributed by atoms with Crippen LogP contribution in [0, 0.1) is 11.8 Å². The van der Waals surface area contributed by atoms with Gasteiger partial charge in [0.05, 0.1) is 17.2 Å². The summed E-state index contributed by atoms with van der Waals surface area (Å²) >= 11 is 0. The van der Waals surface area contributed by atoms with Crippen LogP contribution in [0.5, 0.6) is 0 Å². The van der Waals surface area contributed by atoms with E-state index in [0.717, 1.165) is 64.2 Å². The number of aliphatic hydroxyl groups excluding tert-OH is 1. The zero-order chi connectivity index (χ0) is 22.9. The minimum absolute atomic E-state index is 0.562. The summed E-state index contributed by atoms with van der Waals surface area (Å²) in [5, 5.41) is 13.6. The van der Waals surface area contributed by atoms with Gasteiger partial charge in [0.15, 0.2) is 0 Å². The highest BCUT2D eigenvalue weighted by atomic mass is 16.3. The van der Waals surface area contributed by atoms with Crippen molar-refractivity contribution in [1.82, 2.24) is 9.97 Å². The number of nitrogens with one attached hydrogen (secondary N) is 1. The second-order valence-corrected chi connectivity index (χ2v) is 9.71. The largest absolute Gasteiger partial charge is 0.373 e. The quantitative estimate of drug-likeness (QED) is 0.380. The van der Waals surface area contributed by atoms with E-state index in [0.29, 0.717) is 6.42 Å². The van der Waals surface area contributed by atoms with Crippen LogP contribution in [0.1, 0.15) is 24.8 Å². The summed E-state index contributed by atoms with van der Waals surface area (Å²) in [6, 6.07) is 24.5. The molecule has 2 fully saturated rings. The van der Waals surface area contributed by atoms with Gasteiger partial charge in [0.2, 0.25) is 0 Å². The van der Waals surface area contributed by atoms with Crippen molar-refractivity contribution >= 4 is 22.5 Å². The van der Waals surface area contributed by atoms with Crippen molar-refractivity contribution in [2.45, 2.75) is 31.9 Å². The molecule has 0 radical (unpaired) electrons. The highest BCUT2D eigenvalue weighted by Gasteiger charge is 2.36. The van der Waals surface area contributed by atoms with Crippen molar-refractivity contribution in [1.29, 1.82) is 0 Å². The molecule has 5 nitrogen and oxygen atoms in total. The molecule has 2 heterocycles. The van der Waals surface area contributed by atoms with Gasteiger partial charge in [-0.25, -0.2) is 4.98 Å². The maximum Gasteiger partial charge on any atom is 0.147 e. The van der Waals surface area contributed by atoms with Crippen LogP contribution in [0.25, 0.3) is 22.2 Å². The molecule has 0 amide bonds. The van der Waals surface area contributed by atoms with E-state index in [4.69, 9.17) is 9.97 Å². The first-order valence-electron chi connectivity index (χ1n) is 12.3. The van der Waals surface area contributed by atoms with E-state index in [-0.39, 0.29) is 0 Å². The molecule has 1 saturated heterocycles. The highest BCUT2D eigenvalue weighted by molar-refractivity contribution is 5.82. The zero-order valence-electron chi connectivity index (χ0n) is 19.3. The van der Waals surface area contributed by atoms with Crippen LogP contribution >= 0.6 is 0 Å². The Labute approximate surface area is 200 Å². The van der Waals surface area contributed by atoms with Crippen molar-refractivity contribution in [3.8, 4) is 11.1 Å². The lowest BCUT2D eigenvalue weighted by molar-refractivity contribution is 0.204. The van der Waals surface area contributed by atoms with E-state index in [9.17, 15) is 5.11 Å². The Morgan fingerprint density at radius 3 is 2.38 bits per heavy atom. The average Bonchev–Trinajstić information content (AvgIpc) is 3.47. The lowest BCUT2D eigenvalue weighted by Gasteiger charge is -2.18. The highest BCUT2D eigenvalue weighted by Crippen LogP contribution is 2.39. The van der Waals surface area contributed by atoms with Gasteiger partial charge in [0.1, 0.15) is 12.0 Å². The summed E-state index contributed by atoms with van der Waals surface area (Å²) in [6.07, 6.45) is 5.97. The molecule has 4 aromatic rings. The molecule has 0 bridgehead atoms. The predicted molar refractivity (Wildman–Crippen MR) is 138 cm³/mol. The third kappa shape index (κ3) is 4.36. The minimum Gasteiger partial charge on any atom is -0.373 e. The molecule has 6 rings (SSSR count). The van der Waals surface area contributed by atoms with Gasteiger partial charge in [0, 0.05) is 25.2 Å². The van der Waals surface area contributed by atoms with Gasteiger partial charge in [-0.3, -0.25) is 4.98 Å².